The van der Waals surface area contributed by atoms with Crippen LogP contribution in [0.1, 0.15) is 15.9 Å². The maximum absolute atomic E-state index is 13.7. The van der Waals surface area contributed by atoms with Gasteiger partial charge in [-0.1, -0.05) is 24.3 Å². The zero-order valence-electron chi connectivity index (χ0n) is 14.9. The van der Waals surface area contributed by atoms with Crippen LogP contribution in [0.3, 0.4) is 0 Å². The van der Waals surface area contributed by atoms with E-state index >= 15 is 0 Å². The number of rotatable bonds is 7. The van der Waals surface area contributed by atoms with Gasteiger partial charge in [0.15, 0.2) is 0 Å². The Bertz CT molecular complexity index is 913. The van der Waals surface area contributed by atoms with Crippen LogP contribution in [0.15, 0.2) is 67.0 Å². The number of benzene rings is 2. The van der Waals surface area contributed by atoms with E-state index in [2.05, 4.69) is 15.6 Å². The quantitative estimate of drug-likeness (QED) is 0.666. The molecule has 1 amide bonds. The van der Waals surface area contributed by atoms with Crippen LogP contribution in [0.4, 0.5) is 15.8 Å². The fourth-order valence-corrected chi connectivity index (χ4v) is 2.57. The largest absolute Gasteiger partial charge is 0.497 e. The fourth-order valence-electron chi connectivity index (χ4n) is 2.57. The molecule has 0 radical (unpaired) electrons. The molecule has 0 aliphatic rings. The molecule has 0 fully saturated rings. The summed E-state index contributed by atoms with van der Waals surface area (Å²) in [7, 11) is 1.62. The Morgan fingerprint density at radius 3 is 2.63 bits per heavy atom. The third-order valence-corrected chi connectivity index (χ3v) is 4.01. The van der Waals surface area contributed by atoms with E-state index in [9.17, 15) is 9.18 Å². The van der Waals surface area contributed by atoms with Gasteiger partial charge in [0.25, 0.3) is 5.91 Å². The van der Waals surface area contributed by atoms with Crippen LogP contribution in [0.25, 0.3) is 0 Å². The van der Waals surface area contributed by atoms with E-state index in [1.165, 1.54) is 12.3 Å². The lowest BCUT2D eigenvalue weighted by atomic mass is 10.1. The molecule has 5 nitrogen and oxygen atoms in total. The molecule has 2 N–H and O–H groups in total. The van der Waals surface area contributed by atoms with Crippen molar-refractivity contribution in [2.45, 2.75) is 6.42 Å². The van der Waals surface area contributed by atoms with Gasteiger partial charge in [0.1, 0.15) is 11.6 Å². The standard InChI is InChI=1S/C21H20FN3O2/c1-27-18-8-6-15(7-9-18)10-11-24-21(26)16-12-17(14-23-13-16)25-20-5-3-2-4-19(20)22/h2-9,12-14,25H,10-11H2,1H3,(H,24,26). The van der Waals surface area contributed by atoms with Gasteiger partial charge in [-0.2, -0.15) is 0 Å². The first-order valence-corrected chi connectivity index (χ1v) is 8.53. The molecule has 0 aliphatic carbocycles. The number of pyridine rings is 1. The smallest absolute Gasteiger partial charge is 0.252 e. The van der Waals surface area contributed by atoms with Crippen molar-refractivity contribution in [2.75, 3.05) is 19.0 Å². The van der Waals surface area contributed by atoms with Gasteiger partial charge in [-0.3, -0.25) is 9.78 Å². The van der Waals surface area contributed by atoms with Gasteiger partial charge in [-0.15, -0.1) is 0 Å². The Morgan fingerprint density at radius 2 is 1.89 bits per heavy atom. The third-order valence-electron chi connectivity index (χ3n) is 4.01. The number of hydrogen-bond donors (Lipinski definition) is 2. The molecule has 27 heavy (non-hydrogen) atoms. The van der Waals surface area contributed by atoms with Crippen LogP contribution < -0.4 is 15.4 Å². The minimum absolute atomic E-state index is 0.229. The van der Waals surface area contributed by atoms with Gasteiger partial charge in [0.05, 0.1) is 30.2 Å². The van der Waals surface area contributed by atoms with E-state index in [1.54, 1.807) is 37.6 Å². The van der Waals surface area contributed by atoms with Crippen LogP contribution in [0.2, 0.25) is 0 Å². The van der Waals surface area contributed by atoms with E-state index in [4.69, 9.17) is 4.74 Å². The lowest BCUT2D eigenvalue weighted by Crippen LogP contribution is -2.25. The summed E-state index contributed by atoms with van der Waals surface area (Å²) >= 11 is 0. The van der Waals surface area contributed by atoms with Crippen LogP contribution in [0, 0.1) is 5.82 Å². The minimum Gasteiger partial charge on any atom is -0.497 e. The van der Waals surface area contributed by atoms with E-state index in [-0.39, 0.29) is 11.7 Å². The van der Waals surface area contributed by atoms with E-state index in [0.29, 0.717) is 29.9 Å². The molecule has 6 heteroatoms. The van der Waals surface area contributed by atoms with Gasteiger partial charge < -0.3 is 15.4 Å². The van der Waals surface area contributed by atoms with Crippen molar-refractivity contribution in [1.29, 1.82) is 0 Å². The van der Waals surface area contributed by atoms with Gasteiger partial charge in [-0.05, 0) is 42.3 Å². The van der Waals surface area contributed by atoms with E-state index in [1.807, 2.05) is 24.3 Å². The highest BCUT2D eigenvalue weighted by Crippen LogP contribution is 2.19. The summed E-state index contributed by atoms with van der Waals surface area (Å²) in [5.74, 6) is 0.202. The van der Waals surface area contributed by atoms with Crippen LogP contribution >= 0.6 is 0 Å². The topological polar surface area (TPSA) is 63.2 Å². The fraction of sp³-hybridized carbons (Fsp3) is 0.143. The highest BCUT2D eigenvalue weighted by molar-refractivity contribution is 5.94. The number of hydrogen-bond acceptors (Lipinski definition) is 4. The number of amides is 1. The van der Waals surface area contributed by atoms with Crippen molar-refractivity contribution in [2.24, 2.45) is 0 Å². The second-order valence-corrected chi connectivity index (χ2v) is 5.92. The first-order valence-electron chi connectivity index (χ1n) is 8.53. The average Bonchev–Trinajstić information content (AvgIpc) is 2.70. The number of nitrogens with zero attached hydrogens (tertiary/aromatic N) is 1. The van der Waals surface area contributed by atoms with E-state index in [0.717, 1.165) is 11.3 Å². The van der Waals surface area contributed by atoms with Gasteiger partial charge in [0.2, 0.25) is 0 Å². The van der Waals surface area contributed by atoms with Gasteiger partial charge in [-0.25, -0.2) is 4.39 Å². The second-order valence-electron chi connectivity index (χ2n) is 5.92. The number of methoxy groups -OCH3 is 1. The molecule has 0 saturated carbocycles. The summed E-state index contributed by atoms with van der Waals surface area (Å²) in [4.78, 5) is 16.4. The Kier molecular flexibility index (Phi) is 5.99. The Hall–Kier alpha value is -3.41. The predicted molar refractivity (Wildman–Crippen MR) is 103 cm³/mol. The SMILES string of the molecule is COc1ccc(CCNC(=O)c2cncc(Nc3ccccc3F)c2)cc1. The number of carbonyl (C=O) groups is 1. The summed E-state index contributed by atoms with van der Waals surface area (Å²) in [6.07, 6.45) is 3.73. The van der Waals surface area contributed by atoms with Crippen molar-refractivity contribution < 1.29 is 13.9 Å². The zero-order valence-corrected chi connectivity index (χ0v) is 14.9. The Labute approximate surface area is 157 Å². The molecule has 3 aromatic rings. The van der Waals surface area contributed by atoms with Crippen molar-refractivity contribution in [3.63, 3.8) is 0 Å². The lowest BCUT2D eigenvalue weighted by Gasteiger charge is -2.09. The van der Waals surface area contributed by atoms with Crippen LogP contribution in [-0.2, 0) is 6.42 Å². The minimum atomic E-state index is -0.369. The Balaban J connectivity index is 1.57. The monoisotopic (exact) mass is 365 g/mol. The summed E-state index contributed by atoms with van der Waals surface area (Å²) in [6, 6.07) is 15.7. The van der Waals surface area contributed by atoms with Crippen molar-refractivity contribution in [3.8, 4) is 5.75 Å². The molecule has 0 spiro atoms. The summed E-state index contributed by atoms with van der Waals surface area (Å²) < 4.78 is 18.9. The molecule has 0 bridgehead atoms. The van der Waals surface area contributed by atoms with Crippen molar-refractivity contribution in [3.05, 3.63) is 83.9 Å². The number of ether oxygens (including phenoxy) is 1. The maximum Gasteiger partial charge on any atom is 0.252 e. The first-order chi connectivity index (χ1) is 13.2. The summed E-state index contributed by atoms with van der Waals surface area (Å²) in [5, 5.41) is 5.80. The Morgan fingerprint density at radius 1 is 1.11 bits per heavy atom. The molecule has 0 aliphatic heterocycles. The highest BCUT2D eigenvalue weighted by atomic mass is 19.1. The van der Waals surface area contributed by atoms with Gasteiger partial charge in [0, 0.05) is 12.7 Å². The van der Waals surface area contributed by atoms with Crippen LogP contribution in [-0.4, -0.2) is 24.5 Å². The zero-order chi connectivity index (χ0) is 19.1. The number of nitrogens with one attached hydrogen (secondary N) is 2. The van der Waals surface area contributed by atoms with Gasteiger partial charge >= 0.3 is 0 Å². The molecule has 3 rings (SSSR count). The molecule has 0 unspecified atom stereocenters. The molecular weight excluding hydrogens is 345 g/mol. The molecular formula is C21H20FN3O2. The number of anilines is 2. The molecule has 138 valence electrons. The number of carbonyl (C=O) groups excluding carboxylic acids is 1. The third kappa shape index (κ3) is 5.04. The molecule has 2 aromatic carbocycles. The predicted octanol–water partition coefficient (Wildman–Crippen LogP) is 3.95. The molecule has 0 atom stereocenters. The highest BCUT2D eigenvalue weighted by Gasteiger charge is 2.08. The van der Waals surface area contributed by atoms with Crippen LogP contribution in [0.5, 0.6) is 5.75 Å². The lowest BCUT2D eigenvalue weighted by molar-refractivity contribution is 0.0954. The average molecular weight is 365 g/mol. The molecule has 1 aromatic heterocycles. The second kappa shape index (κ2) is 8.80. The number of para-hydroxylation sites is 1. The summed E-state index contributed by atoms with van der Waals surface area (Å²) in [6.45, 7) is 0.496. The number of halogens is 1. The molecule has 1 heterocycles. The van der Waals surface area contributed by atoms with Crippen molar-refractivity contribution >= 4 is 17.3 Å². The number of aromatic nitrogens is 1. The maximum atomic E-state index is 13.7. The first kappa shape index (κ1) is 18.4. The van der Waals surface area contributed by atoms with E-state index < -0.39 is 0 Å². The van der Waals surface area contributed by atoms with Crippen molar-refractivity contribution in [1.82, 2.24) is 10.3 Å². The summed E-state index contributed by atoms with van der Waals surface area (Å²) in [5.41, 5.74) is 2.38. The molecule has 0 saturated heterocycles. The normalized spacial score (nSPS) is 10.3.